The average molecular weight is 393 g/mol. The van der Waals surface area contributed by atoms with Crippen molar-refractivity contribution in [2.45, 2.75) is 45.1 Å². The summed E-state index contributed by atoms with van der Waals surface area (Å²) in [6.45, 7) is 1.84. The second-order valence-corrected chi connectivity index (χ2v) is 7.71. The van der Waals surface area contributed by atoms with Crippen LogP contribution in [0.4, 0.5) is 0 Å². The van der Waals surface area contributed by atoms with E-state index in [9.17, 15) is 4.79 Å². The fraction of sp³-hybridized carbons (Fsp3) is 0.391. The number of primary amides is 1. The van der Waals surface area contributed by atoms with Crippen molar-refractivity contribution >= 4 is 16.9 Å². The van der Waals surface area contributed by atoms with Crippen molar-refractivity contribution in [3.63, 3.8) is 0 Å². The number of nitrogens with one attached hydrogen (secondary N) is 1. The fourth-order valence-corrected chi connectivity index (χ4v) is 4.03. The molecule has 1 amide bonds. The zero-order valence-electron chi connectivity index (χ0n) is 16.5. The Labute approximate surface area is 170 Å². The van der Waals surface area contributed by atoms with Gasteiger partial charge in [0.25, 0.3) is 0 Å². The van der Waals surface area contributed by atoms with Crippen LogP contribution in [0, 0.1) is 5.92 Å². The molecule has 29 heavy (non-hydrogen) atoms. The van der Waals surface area contributed by atoms with Crippen LogP contribution in [-0.2, 0) is 6.54 Å². The van der Waals surface area contributed by atoms with Crippen LogP contribution in [0.15, 0.2) is 47.2 Å². The molecule has 0 aliphatic heterocycles. The van der Waals surface area contributed by atoms with Gasteiger partial charge in [0.1, 0.15) is 0 Å². The van der Waals surface area contributed by atoms with E-state index >= 15 is 0 Å². The van der Waals surface area contributed by atoms with E-state index in [1.165, 1.54) is 50.3 Å². The molecule has 152 valence electrons. The topological polar surface area (TPSA) is 90.4 Å². The highest BCUT2D eigenvalue weighted by molar-refractivity contribution is 5.92. The summed E-state index contributed by atoms with van der Waals surface area (Å²) in [4.78, 5) is 15.3. The third-order valence-corrected chi connectivity index (χ3v) is 5.68. The van der Waals surface area contributed by atoms with Crippen molar-refractivity contribution in [2.24, 2.45) is 11.7 Å². The number of hydrogen-bond donors (Lipinski definition) is 2. The van der Waals surface area contributed by atoms with Gasteiger partial charge in [-0.05, 0) is 42.6 Å². The molecule has 6 heteroatoms. The molecule has 1 fully saturated rings. The first-order chi connectivity index (χ1) is 14.2. The molecule has 1 aliphatic carbocycles. The lowest BCUT2D eigenvalue weighted by Crippen LogP contribution is -2.19. The maximum Gasteiger partial charge on any atom is 0.250 e. The molecule has 4 rings (SSSR count). The smallest absolute Gasteiger partial charge is 0.250 e. The number of pyridine rings is 1. The Morgan fingerprint density at radius 2 is 2.03 bits per heavy atom. The molecular weight excluding hydrogens is 366 g/mol. The lowest BCUT2D eigenvalue weighted by Gasteiger charge is -2.21. The van der Waals surface area contributed by atoms with Crippen LogP contribution in [0.3, 0.4) is 0 Å². The summed E-state index contributed by atoms with van der Waals surface area (Å²) >= 11 is 0. The van der Waals surface area contributed by atoms with E-state index in [1.807, 2.05) is 12.1 Å². The Bertz CT molecular complexity index is 959. The van der Waals surface area contributed by atoms with Crippen LogP contribution in [-0.4, -0.2) is 17.4 Å². The summed E-state index contributed by atoms with van der Waals surface area (Å²) in [7, 11) is 0. The molecule has 1 aromatic carbocycles. The second-order valence-electron chi connectivity index (χ2n) is 7.71. The van der Waals surface area contributed by atoms with Crippen LogP contribution in [0.25, 0.3) is 11.0 Å². The molecule has 0 unspecified atom stereocenters. The Kier molecular flexibility index (Phi) is 6.10. The van der Waals surface area contributed by atoms with Crippen molar-refractivity contribution in [1.82, 2.24) is 10.3 Å². The molecule has 0 saturated heterocycles. The molecule has 2 aromatic heterocycles. The maximum absolute atomic E-state index is 11.2. The maximum atomic E-state index is 11.2. The molecule has 3 aromatic rings. The van der Waals surface area contributed by atoms with Gasteiger partial charge in [-0.3, -0.25) is 4.79 Å². The fourth-order valence-electron chi connectivity index (χ4n) is 4.03. The number of furan rings is 1. The quantitative estimate of drug-likeness (QED) is 0.538. The second kappa shape index (κ2) is 9.09. The summed E-state index contributed by atoms with van der Waals surface area (Å²) in [6, 6.07) is 9.13. The van der Waals surface area contributed by atoms with Crippen molar-refractivity contribution < 1.29 is 13.9 Å². The highest BCUT2D eigenvalue weighted by Gasteiger charge is 2.14. The Hall–Kier alpha value is -2.86. The van der Waals surface area contributed by atoms with Gasteiger partial charge in [0.15, 0.2) is 11.3 Å². The third-order valence-electron chi connectivity index (χ3n) is 5.68. The van der Waals surface area contributed by atoms with E-state index < -0.39 is 5.91 Å². The molecule has 0 radical (unpaired) electrons. The van der Waals surface area contributed by atoms with Crippen LogP contribution >= 0.6 is 0 Å². The minimum Gasteiger partial charge on any atom is -0.460 e. The minimum atomic E-state index is -0.516. The van der Waals surface area contributed by atoms with E-state index in [1.54, 1.807) is 18.4 Å². The van der Waals surface area contributed by atoms with Gasteiger partial charge in [0.2, 0.25) is 11.8 Å². The number of nitrogens with two attached hydrogens (primary N) is 1. The number of amides is 1. The first kappa shape index (κ1) is 19.5. The number of nitrogens with zero attached hydrogens (tertiary/aromatic N) is 1. The summed E-state index contributed by atoms with van der Waals surface area (Å²) in [5, 5.41) is 4.61. The van der Waals surface area contributed by atoms with E-state index in [4.69, 9.17) is 14.9 Å². The third kappa shape index (κ3) is 4.77. The van der Waals surface area contributed by atoms with Gasteiger partial charge in [-0.2, -0.15) is 0 Å². The molecule has 1 saturated carbocycles. The number of carbonyl (C=O) groups excluding carboxylic acids is 1. The van der Waals surface area contributed by atoms with E-state index in [0.29, 0.717) is 22.8 Å². The van der Waals surface area contributed by atoms with Gasteiger partial charge >= 0.3 is 0 Å². The Morgan fingerprint density at radius 3 is 2.79 bits per heavy atom. The standard InChI is InChI=1S/C23H27N3O3/c24-23(27)18-7-9-21(26-15-18)29-20-8-6-17(19-11-13-28-22(19)20)14-25-12-10-16-4-2-1-3-5-16/h6-9,11,13,15-16,25H,1-5,10,12,14H2,(H2,24,27). The predicted molar refractivity (Wildman–Crippen MR) is 112 cm³/mol. The molecule has 0 bridgehead atoms. The summed E-state index contributed by atoms with van der Waals surface area (Å²) in [5.74, 6) is 1.34. The van der Waals surface area contributed by atoms with E-state index in [0.717, 1.165) is 24.4 Å². The highest BCUT2D eigenvalue weighted by Crippen LogP contribution is 2.32. The van der Waals surface area contributed by atoms with Crippen molar-refractivity contribution in [3.05, 3.63) is 53.9 Å². The zero-order chi connectivity index (χ0) is 20.1. The van der Waals surface area contributed by atoms with Crippen LogP contribution in [0.2, 0.25) is 0 Å². The highest BCUT2D eigenvalue weighted by atomic mass is 16.5. The predicted octanol–water partition coefficient (Wildman–Crippen LogP) is 4.78. The van der Waals surface area contributed by atoms with E-state index in [-0.39, 0.29) is 0 Å². The van der Waals surface area contributed by atoms with E-state index in [2.05, 4.69) is 16.4 Å². The molecule has 3 N–H and O–H groups in total. The van der Waals surface area contributed by atoms with Gasteiger partial charge in [-0.25, -0.2) is 4.98 Å². The van der Waals surface area contributed by atoms with Gasteiger partial charge in [-0.15, -0.1) is 0 Å². The first-order valence-corrected chi connectivity index (χ1v) is 10.3. The Balaban J connectivity index is 1.39. The molecule has 2 heterocycles. The van der Waals surface area contributed by atoms with Crippen LogP contribution in [0.1, 0.15) is 54.4 Å². The molecule has 0 spiro atoms. The molecule has 6 nitrogen and oxygen atoms in total. The largest absolute Gasteiger partial charge is 0.460 e. The monoisotopic (exact) mass is 393 g/mol. The van der Waals surface area contributed by atoms with Crippen LogP contribution in [0.5, 0.6) is 11.6 Å². The average Bonchev–Trinajstić information content (AvgIpc) is 3.24. The number of hydrogen-bond acceptors (Lipinski definition) is 5. The van der Waals surface area contributed by atoms with Crippen molar-refractivity contribution in [1.29, 1.82) is 0 Å². The van der Waals surface area contributed by atoms with Gasteiger partial charge < -0.3 is 20.2 Å². The van der Waals surface area contributed by atoms with Gasteiger partial charge in [-0.1, -0.05) is 38.2 Å². The van der Waals surface area contributed by atoms with Crippen molar-refractivity contribution in [3.8, 4) is 11.6 Å². The number of benzene rings is 1. The number of fused-ring (bicyclic) bond motifs is 1. The summed E-state index contributed by atoms with van der Waals surface area (Å²) in [5.41, 5.74) is 7.46. The summed E-state index contributed by atoms with van der Waals surface area (Å²) in [6.07, 6.45) is 11.3. The number of carbonyl (C=O) groups is 1. The van der Waals surface area contributed by atoms with Gasteiger partial charge in [0, 0.05) is 24.2 Å². The zero-order valence-corrected chi connectivity index (χ0v) is 16.5. The molecule has 1 aliphatic rings. The Morgan fingerprint density at radius 1 is 1.17 bits per heavy atom. The summed E-state index contributed by atoms with van der Waals surface area (Å²) < 4.78 is 11.5. The number of ether oxygens (including phenoxy) is 1. The van der Waals surface area contributed by atoms with Crippen molar-refractivity contribution in [2.75, 3.05) is 6.54 Å². The lowest BCUT2D eigenvalue weighted by molar-refractivity contribution is 0.1000. The normalized spacial score (nSPS) is 14.9. The van der Waals surface area contributed by atoms with Gasteiger partial charge in [0.05, 0.1) is 11.8 Å². The first-order valence-electron chi connectivity index (χ1n) is 10.3. The molecular formula is C23H27N3O3. The lowest BCUT2D eigenvalue weighted by atomic mass is 9.87. The van der Waals surface area contributed by atoms with Crippen LogP contribution < -0.4 is 15.8 Å². The molecule has 0 atom stereocenters. The SMILES string of the molecule is NC(=O)c1ccc(Oc2ccc(CNCCC3CCCCC3)c3ccoc23)nc1. The minimum absolute atomic E-state index is 0.343. The number of aromatic nitrogens is 1. The number of rotatable bonds is 8.